The van der Waals surface area contributed by atoms with Crippen molar-refractivity contribution in [2.45, 2.75) is 45.1 Å². The number of benzene rings is 1. The number of rotatable bonds is 2. The number of hydrogen-bond donors (Lipinski definition) is 1. The monoisotopic (exact) mass is 207 g/mol. The van der Waals surface area contributed by atoms with Crippen molar-refractivity contribution in [3.05, 3.63) is 29.6 Å². The summed E-state index contributed by atoms with van der Waals surface area (Å²) in [6.07, 6.45) is 6.38. The lowest BCUT2D eigenvalue weighted by Gasteiger charge is -2.23. The average molecular weight is 207 g/mol. The molecule has 0 amide bonds. The first kappa shape index (κ1) is 10.5. The van der Waals surface area contributed by atoms with Gasteiger partial charge in [-0.2, -0.15) is 0 Å². The summed E-state index contributed by atoms with van der Waals surface area (Å²) >= 11 is 0. The van der Waals surface area contributed by atoms with Crippen LogP contribution in [0.5, 0.6) is 0 Å². The molecule has 1 nitrogen and oxygen atoms in total. The highest BCUT2D eigenvalue weighted by Gasteiger charge is 2.13. The van der Waals surface area contributed by atoms with Gasteiger partial charge in [-0.15, -0.1) is 0 Å². The molecule has 0 bridgehead atoms. The van der Waals surface area contributed by atoms with E-state index in [4.69, 9.17) is 0 Å². The van der Waals surface area contributed by atoms with Gasteiger partial charge in [-0.25, -0.2) is 4.39 Å². The van der Waals surface area contributed by atoms with E-state index in [-0.39, 0.29) is 5.82 Å². The minimum atomic E-state index is -0.115. The number of halogens is 1. The fourth-order valence-corrected chi connectivity index (χ4v) is 2.17. The molecule has 0 heterocycles. The number of nitrogens with one attached hydrogen (secondary N) is 1. The highest BCUT2D eigenvalue weighted by Crippen LogP contribution is 2.22. The van der Waals surface area contributed by atoms with Gasteiger partial charge in [0, 0.05) is 11.7 Å². The molecule has 2 rings (SSSR count). The third kappa shape index (κ3) is 2.71. The minimum absolute atomic E-state index is 0.115. The second kappa shape index (κ2) is 4.65. The SMILES string of the molecule is Cc1ccc(NC2CCCCC2)cc1F. The summed E-state index contributed by atoms with van der Waals surface area (Å²) in [6.45, 7) is 1.79. The molecule has 1 saturated carbocycles. The summed E-state index contributed by atoms with van der Waals surface area (Å²) in [5.41, 5.74) is 1.63. The van der Waals surface area contributed by atoms with E-state index >= 15 is 0 Å². The van der Waals surface area contributed by atoms with E-state index in [0.29, 0.717) is 11.6 Å². The van der Waals surface area contributed by atoms with Crippen LogP contribution < -0.4 is 5.32 Å². The molecule has 1 aliphatic rings. The van der Waals surface area contributed by atoms with Gasteiger partial charge in [0.25, 0.3) is 0 Å². The van der Waals surface area contributed by atoms with Gasteiger partial charge in [0.2, 0.25) is 0 Å². The van der Waals surface area contributed by atoms with E-state index < -0.39 is 0 Å². The zero-order valence-electron chi connectivity index (χ0n) is 9.22. The van der Waals surface area contributed by atoms with Crippen molar-refractivity contribution in [1.82, 2.24) is 0 Å². The standard InChI is InChI=1S/C13H18FN/c1-10-7-8-12(9-13(10)14)15-11-5-3-2-4-6-11/h7-9,11,15H,2-6H2,1H3. The molecular formula is C13H18FN. The third-order valence-corrected chi connectivity index (χ3v) is 3.15. The van der Waals surface area contributed by atoms with E-state index in [0.717, 1.165) is 5.69 Å². The third-order valence-electron chi connectivity index (χ3n) is 3.15. The van der Waals surface area contributed by atoms with E-state index in [1.807, 2.05) is 12.1 Å². The Morgan fingerprint density at radius 1 is 1.20 bits per heavy atom. The van der Waals surface area contributed by atoms with Crippen LogP contribution in [0.2, 0.25) is 0 Å². The fourth-order valence-electron chi connectivity index (χ4n) is 2.17. The first-order valence-electron chi connectivity index (χ1n) is 5.78. The maximum Gasteiger partial charge on any atom is 0.128 e. The van der Waals surface area contributed by atoms with Crippen molar-refractivity contribution in [2.75, 3.05) is 5.32 Å². The molecule has 15 heavy (non-hydrogen) atoms. The van der Waals surface area contributed by atoms with Crippen molar-refractivity contribution in [3.8, 4) is 0 Å². The molecule has 1 aromatic carbocycles. The minimum Gasteiger partial charge on any atom is -0.382 e. The lowest BCUT2D eigenvalue weighted by atomic mass is 9.95. The van der Waals surface area contributed by atoms with Gasteiger partial charge in [-0.3, -0.25) is 0 Å². The molecular weight excluding hydrogens is 189 g/mol. The lowest BCUT2D eigenvalue weighted by Crippen LogP contribution is -2.22. The van der Waals surface area contributed by atoms with Gasteiger partial charge in [0.05, 0.1) is 0 Å². The Hall–Kier alpha value is -1.05. The summed E-state index contributed by atoms with van der Waals surface area (Å²) in [5, 5.41) is 3.41. The molecule has 0 saturated heterocycles. The van der Waals surface area contributed by atoms with Gasteiger partial charge >= 0.3 is 0 Å². The van der Waals surface area contributed by atoms with E-state index in [2.05, 4.69) is 5.32 Å². The van der Waals surface area contributed by atoms with Gasteiger partial charge in [0.15, 0.2) is 0 Å². The quantitative estimate of drug-likeness (QED) is 0.776. The molecule has 0 aromatic heterocycles. The highest BCUT2D eigenvalue weighted by atomic mass is 19.1. The first-order valence-corrected chi connectivity index (χ1v) is 5.78. The van der Waals surface area contributed by atoms with Gasteiger partial charge in [-0.05, 0) is 37.5 Å². The van der Waals surface area contributed by atoms with Gasteiger partial charge in [-0.1, -0.05) is 25.3 Å². The van der Waals surface area contributed by atoms with Crippen molar-refractivity contribution in [3.63, 3.8) is 0 Å². The molecule has 2 heteroatoms. The van der Waals surface area contributed by atoms with E-state index in [1.165, 1.54) is 32.1 Å². The van der Waals surface area contributed by atoms with E-state index in [9.17, 15) is 4.39 Å². The molecule has 1 N–H and O–H groups in total. The molecule has 1 aliphatic carbocycles. The highest BCUT2D eigenvalue weighted by molar-refractivity contribution is 5.46. The van der Waals surface area contributed by atoms with Crippen molar-refractivity contribution in [2.24, 2.45) is 0 Å². The van der Waals surface area contributed by atoms with Crippen LogP contribution >= 0.6 is 0 Å². The van der Waals surface area contributed by atoms with Crippen LogP contribution in [0.15, 0.2) is 18.2 Å². The number of anilines is 1. The first-order chi connectivity index (χ1) is 7.25. The van der Waals surface area contributed by atoms with Crippen LogP contribution in [0.1, 0.15) is 37.7 Å². The van der Waals surface area contributed by atoms with Crippen LogP contribution in [0, 0.1) is 12.7 Å². The molecule has 1 fully saturated rings. The Balaban J connectivity index is 2.00. The van der Waals surface area contributed by atoms with Crippen molar-refractivity contribution in [1.29, 1.82) is 0 Å². The summed E-state index contributed by atoms with van der Waals surface area (Å²) in [6, 6.07) is 5.94. The molecule has 0 unspecified atom stereocenters. The maximum absolute atomic E-state index is 13.3. The summed E-state index contributed by atoms with van der Waals surface area (Å²) in [7, 11) is 0. The Morgan fingerprint density at radius 2 is 1.93 bits per heavy atom. The van der Waals surface area contributed by atoms with Gasteiger partial charge in [0.1, 0.15) is 5.82 Å². The Kier molecular flexibility index (Phi) is 3.24. The lowest BCUT2D eigenvalue weighted by molar-refractivity contribution is 0.462. The van der Waals surface area contributed by atoms with Crippen LogP contribution in [0.3, 0.4) is 0 Å². The molecule has 1 aromatic rings. The Bertz CT molecular complexity index is 329. The topological polar surface area (TPSA) is 12.0 Å². The molecule has 0 atom stereocenters. The molecule has 0 spiro atoms. The average Bonchev–Trinajstić information content (AvgIpc) is 2.25. The summed E-state index contributed by atoms with van der Waals surface area (Å²) in [5.74, 6) is -0.115. The largest absolute Gasteiger partial charge is 0.382 e. The zero-order chi connectivity index (χ0) is 10.7. The van der Waals surface area contributed by atoms with Crippen LogP contribution in [0.25, 0.3) is 0 Å². The normalized spacial score (nSPS) is 17.7. The van der Waals surface area contributed by atoms with Crippen LogP contribution in [0.4, 0.5) is 10.1 Å². The smallest absolute Gasteiger partial charge is 0.128 e. The molecule has 82 valence electrons. The Morgan fingerprint density at radius 3 is 2.60 bits per heavy atom. The molecule has 0 radical (unpaired) electrons. The molecule has 0 aliphatic heterocycles. The second-order valence-corrected chi connectivity index (χ2v) is 4.44. The van der Waals surface area contributed by atoms with Crippen LogP contribution in [-0.2, 0) is 0 Å². The van der Waals surface area contributed by atoms with Crippen molar-refractivity contribution < 1.29 is 4.39 Å². The van der Waals surface area contributed by atoms with E-state index in [1.54, 1.807) is 13.0 Å². The predicted molar refractivity (Wildman–Crippen MR) is 61.6 cm³/mol. The van der Waals surface area contributed by atoms with Gasteiger partial charge < -0.3 is 5.32 Å². The fraction of sp³-hybridized carbons (Fsp3) is 0.538. The second-order valence-electron chi connectivity index (χ2n) is 4.44. The zero-order valence-corrected chi connectivity index (χ0v) is 9.22. The Labute approximate surface area is 90.7 Å². The number of hydrogen-bond acceptors (Lipinski definition) is 1. The summed E-state index contributed by atoms with van der Waals surface area (Å²) in [4.78, 5) is 0. The predicted octanol–water partition coefficient (Wildman–Crippen LogP) is 3.88. The number of aryl methyl sites for hydroxylation is 1. The summed E-state index contributed by atoms with van der Waals surface area (Å²) < 4.78 is 13.3. The maximum atomic E-state index is 13.3. The van der Waals surface area contributed by atoms with Crippen LogP contribution in [-0.4, -0.2) is 6.04 Å². The van der Waals surface area contributed by atoms with Crippen molar-refractivity contribution >= 4 is 5.69 Å².